The van der Waals surface area contributed by atoms with Crippen LogP contribution in [0.2, 0.25) is 0 Å². The maximum Gasteiger partial charge on any atom is 0.232 e. The third-order valence-electron chi connectivity index (χ3n) is 3.44. The molecule has 2 rings (SSSR count). The third-order valence-corrected chi connectivity index (χ3v) is 4.43. The molecule has 0 bridgehead atoms. The molecule has 0 aliphatic carbocycles. The number of aliphatic hydroxyl groups is 1. The predicted octanol–water partition coefficient (Wildman–Crippen LogP) is 2.15. The lowest BCUT2D eigenvalue weighted by Crippen LogP contribution is -2.31. The molecule has 2 atom stereocenters. The Balaban J connectivity index is 1.80. The zero-order chi connectivity index (χ0) is 13.8. The molecule has 1 saturated heterocycles. The monoisotopic (exact) mass is 283 g/mol. The van der Waals surface area contributed by atoms with Gasteiger partial charge in [-0.15, -0.1) is 11.8 Å². The maximum absolute atomic E-state index is 12.7. The second kappa shape index (κ2) is 6.39. The van der Waals surface area contributed by atoms with Crippen LogP contribution in [0.1, 0.15) is 13.3 Å². The van der Waals surface area contributed by atoms with E-state index in [-0.39, 0.29) is 23.7 Å². The van der Waals surface area contributed by atoms with Crippen LogP contribution in [0.3, 0.4) is 0 Å². The number of likely N-dealkylation sites (tertiary alicyclic amines) is 1. The largest absolute Gasteiger partial charge is 0.393 e. The summed E-state index contributed by atoms with van der Waals surface area (Å²) in [5.74, 6) is 0.366. The van der Waals surface area contributed by atoms with Crippen molar-refractivity contribution in [3.05, 3.63) is 30.1 Å². The number of hydrogen-bond donors (Lipinski definition) is 1. The minimum atomic E-state index is -0.359. The van der Waals surface area contributed by atoms with Gasteiger partial charge < -0.3 is 10.0 Å². The van der Waals surface area contributed by atoms with Crippen LogP contribution in [0.5, 0.6) is 0 Å². The smallest absolute Gasteiger partial charge is 0.232 e. The number of halogens is 1. The predicted molar refractivity (Wildman–Crippen MR) is 73.5 cm³/mol. The Labute approximate surface area is 116 Å². The van der Waals surface area contributed by atoms with Gasteiger partial charge in [-0.2, -0.15) is 0 Å². The minimum Gasteiger partial charge on any atom is -0.393 e. The van der Waals surface area contributed by atoms with Crippen molar-refractivity contribution in [3.8, 4) is 0 Å². The fourth-order valence-electron chi connectivity index (χ4n) is 2.17. The molecular formula is C14H18FNO2S. The first kappa shape index (κ1) is 14.3. The van der Waals surface area contributed by atoms with E-state index in [1.165, 1.54) is 23.9 Å². The summed E-state index contributed by atoms with van der Waals surface area (Å²) in [6.07, 6.45) is 0.507. The molecule has 3 nitrogen and oxygen atoms in total. The Kier molecular flexibility index (Phi) is 4.82. The highest BCUT2D eigenvalue weighted by Gasteiger charge is 2.28. The summed E-state index contributed by atoms with van der Waals surface area (Å²) in [4.78, 5) is 14.7. The van der Waals surface area contributed by atoms with Gasteiger partial charge in [0.2, 0.25) is 5.91 Å². The summed E-state index contributed by atoms with van der Waals surface area (Å²) < 4.78 is 12.7. The molecule has 104 valence electrons. The molecule has 5 heteroatoms. The van der Waals surface area contributed by atoms with Crippen molar-refractivity contribution in [1.29, 1.82) is 0 Å². The van der Waals surface area contributed by atoms with E-state index in [0.29, 0.717) is 12.3 Å². The van der Waals surface area contributed by atoms with Gasteiger partial charge in [0, 0.05) is 23.9 Å². The van der Waals surface area contributed by atoms with Crippen molar-refractivity contribution in [3.63, 3.8) is 0 Å². The average Bonchev–Trinajstić information content (AvgIpc) is 2.87. The number of hydrogen-bond acceptors (Lipinski definition) is 3. The quantitative estimate of drug-likeness (QED) is 0.861. The van der Waals surface area contributed by atoms with Gasteiger partial charge in [0.1, 0.15) is 5.82 Å². The van der Waals surface area contributed by atoms with Crippen molar-refractivity contribution in [2.45, 2.75) is 24.3 Å². The van der Waals surface area contributed by atoms with Crippen LogP contribution < -0.4 is 0 Å². The van der Waals surface area contributed by atoms with E-state index in [2.05, 4.69) is 0 Å². The Bertz CT molecular complexity index is 436. The second-order valence-electron chi connectivity index (χ2n) is 4.87. The van der Waals surface area contributed by atoms with Crippen molar-refractivity contribution >= 4 is 17.7 Å². The van der Waals surface area contributed by atoms with E-state index < -0.39 is 0 Å². The van der Waals surface area contributed by atoms with Crippen LogP contribution in [-0.4, -0.2) is 40.9 Å². The fourth-order valence-corrected chi connectivity index (χ4v) is 2.98. The SMILES string of the molecule is CC(O)C1CCN(C(=O)CSc2ccc(F)cc2)C1. The number of carbonyl (C=O) groups is 1. The summed E-state index contributed by atoms with van der Waals surface area (Å²) in [5.41, 5.74) is 0. The lowest BCUT2D eigenvalue weighted by Gasteiger charge is -2.17. The van der Waals surface area contributed by atoms with Gasteiger partial charge in [-0.25, -0.2) is 4.39 Å². The highest BCUT2D eigenvalue weighted by Crippen LogP contribution is 2.23. The van der Waals surface area contributed by atoms with Gasteiger partial charge in [0.25, 0.3) is 0 Å². The van der Waals surface area contributed by atoms with Gasteiger partial charge in [-0.05, 0) is 37.6 Å². The number of thioether (sulfide) groups is 1. The molecule has 1 N–H and O–H groups in total. The molecule has 1 amide bonds. The van der Waals surface area contributed by atoms with E-state index >= 15 is 0 Å². The Morgan fingerprint density at radius 1 is 1.53 bits per heavy atom. The average molecular weight is 283 g/mol. The van der Waals surface area contributed by atoms with Gasteiger partial charge in [-0.3, -0.25) is 4.79 Å². The highest BCUT2D eigenvalue weighted by atomic mass is 32.2. The van der Waals surface area contributed by atoms with Crippen LogP contribution >= 0.6 is 11.8 Å². The zero-order valence-electron chi connectivity index (χ0n) is 10.9. The summed E-state index contributed by atoms with van der Waals surface area (Å²) in [6, 6.07) is 6.14. The number of aliphatic hydroxyl groups excluding tert-OH is 1. The van der Waals surface area contributed by atoms with Gasteiger partial charge in [0.05, 0.1) is 11.9 Å². The van der Waals surface area contributed by atoms with Gasteiger partial charge >= 0.3 is 0 Å². The van der Waals surface area contributed by atoms with E-state index in [1.807, 2.05) is 0 Å². The van der Waals surface area contributed by atoms with Crippen molar-refractivity contribution in [2.24, 2.45) is 5.92 Å². The number of carbonyl (C=O) groups excluding carboxylic acids is 1. The normalized spacial score (nSPS) is 20.6. The topological polar surface area (TPSA) is 40.5 Å². The van der Waals surface area contributed by atoms with Crippen molar-refractivity contribution in [2.75, 3.05) is 18.8 Å². The lowest BCUT2D eigenvalue weighted by atomic mass is 10.0. The third kappa shape index (κ3) is 3.94. The highest BCUT2D eigenvalue weighted by molar-refractivity contribution is 8.00. The molecule has 0 radical (unpaired) electrons. The fraction of sp³-hybridized carbons (Fsp3) is 0.500. The lowest BCUT2D eigenvalue weighted by molar-refractivity contribution is -0.127. The van der Waals surface area contributed by atoms with Crippen LogP contribution in [0.15, 0.2) is 29.2 Å². The maximum atomic E-state index is 12.7. The van der Waals surface area contributed by atoms with Crippen LogP contribution in [0.4, 0.5) is 4.39 Å². The summed E-state index contributed by atoms with van der Waals surface area (Å²) >= 11 is 1.41. The number of nitrogens with zero attached hydrogens (tertiary/aromatic N) is 1. The summed E-state index contributed by atoms with van der Waals surface area (Å²) in [6.45, 7) is 3.13. The number of amides is 1. The number of rotatable bonds is 4. The Morgan fingerprint density at radius 3 is 2.79 bits per heavy atom. The molecule has 1 aromatic rings. The van der Waals surface area contributed by atoms with Crippen LogP contribution in [0.25, 0.3) is 0 Å². The molecule has 0 saturated carbocycles. The van der Waals surface area contributed by atoms with Crippen LogP contribution in [-0.2, 0) is 4.79 Å². The second-order valence-corrected chi connectivity index (χ2v) is 5.92. The number of benzene rings is 1. The van der Waals surface area contributed by atoms with E-state index in [1.54, 1.807) is 24.0 Å². The molecule has 1 aliphatic rings. The minimum absolute atomic E-state index is 0.0810. The van der Waals surface area contributed by atoms with Crippen molar-refractivity contribution in [1.82, 2.24) is 4.90 Å². The zero-order valence-corrected chi connectivity index (χ0v) is 11.7. The summed E-state index contributed by atoms with van der Waals surface area (Å²) in [7, 11) is 0. The van der Waals surface area contributed by atoms with Crippen molar-refractivity contribution < 1.29 is 14.3 Å². The van der Waals surface area contributed by atoms with Crippen LogP contribution in [0, 0.1) is 11.7 Å². The Morgan fingerprint density at radius 2 is 2.21 bits per heavy atom. The molecular weight excluding hydrogens is 265 g/mol. The molecule has 1 aliphatic heterocycles. The first-order chi connectivity index (χ1) is 9.06. The first-order valence-electron chi connectivity index (χ1n) is 6.40. The van der Waals surface area contributed by atoms with Gasteiger partial charge in [0.15, 0.2) is 0 Å². The Hall–Kier alpha value is -1.07. The standard InChI is InChI=1S/C14H18FNO2S/c1-10(17)11-6-7-16(8-11)14(18)9-19-13-4-2-12(15)3-5-13/h2-5,10-11,17H,6-9H2,1H3. The first-order valence-corrected chi connectivity index (χ1v) is 7.39. The van der Waals surface area contributed by atoms with E-state index in [4.69, 9.17) is 0 Å². The molecule has 1 heterocycles. The molecule has 0 spiro atoms. The molecule has 1 aromatic carbocycles. The van der Waals surface area contributed by atoms with Gasteiger partial charge in [-0.1, -0.05) is 0 Å². The molecule has 19 heavy (non-hydrogen) atoms. The van der Waals surface area contributed by atoms with E-state index in [0.717, 1.165) is 17.9 Å². The van der Waals surface area contributed by atoms with E-state index in [9.17, 15) is 14.3 Å². The molecule has 1 fully saturated rings. The molecule has 2 unspecified atom stereocenters. The molecule has 0 aromatic heterocycles. The summed E-state index contributed by atoms with van der Waals surface area (Å²) in [5, 5.41) is 9.51.